The Morgan fingerprint density at radius 3 is 2.42 bits per heavy atom. The third kappa shape index (κ3) is 5.55. The van der Waals surface area contributed by atoms with Gasteiger partial charge in [0.05, 0.1) is 6.54 Å². The molecule has 0 unspecified atom stereocenters. The number of hydrogen-bond acceptors (Lipinski definition) is 3. The molecule has 1 aromatic rings. The van der Waals surface area contributed by atoms with E-state index in [0.717, 1.165) is 12.8 Å². The molecule has 19 heavy (non-hydrogen) atoms. The van der Waals surface area contributed by atoms with Crippen LogP contribution in [0.15, 0.2) is 30.3 Å². The molecule has 1 saturated heterocycles. The highest BCUT2D eigenvalue weighted by atomic mass is 16.6. The van der Waals surface area contributed by atoms with Gasteiger partial charge < -0.3 is 4.74 Å². The second kappa shape index (κ2) is 8.29. The standard InChI is InChI=1S/C8H13NO3.C7H8/c1-2-3-4-7(10)9-5-6-12-8(9)11;1-7-5-3-2-4-6-7/h2-6H2,1H3;2-6H,1H3. The molecule has 1 fully saturated rings. The highest BCUT2D eigenvalue weighted by Crippen LogP contribution is 2.07. The zero-order valence-corrected chi connectivity index (χ0v) is 11.6. The van der Waals surface area contributed by atoms with Crippen molar-refractivity contribution in [2.24, 2.45) is 0 Å². The fourth-order valence-electron chi connectivity index (χ4n) is 1.62. The summed E-state index contributed by atoms with van der Waals surface area (Å²) in [4.78, 5) is 23.3. The molecule has 1 aliphatic heterocycles. The number of nitrogens with zero attached hydrogens (tertiary/aromatic N) is 1. The van der Waals surface area contributed by atoms with E-state index in [9.17, 15) is 9.59 Å². The number of rotatable bonds is 3. The summed E-state index contributed by atoms with van der Waals surface area (Å²) in [7, 11) is 0. The molecule has 0 bridgehead atoms. The molecule has 2 amide bonds. The quantitative estimate of drug-likeness (QED) is 0.841. The molecule has 2 rings (SSSR count). The molecule has 0 atom stereocenters. The van der Waals surface area contributed by atoms with Crippen molar-refractivity contribution < 1.29 is 14.3 Å². The third-order valence-corrected chi connectivity index (χ3v) is 2.75. The first-order valence-corrected chi connectivity index (χ1v) is 6.64. The van der Waals surface area contributed by atoms with Crippen molar-refractivity contribution in [2.45, 2.75) is 33.1 Å². The first-order chi connectivity index (χ1) is 9.15. The molecule has 0 aliphatic carbocycles. The number of benzene rings is 1. The lowest BCUT2D eigenvalue weighted by molar-refractivity contribution is -0.127. The fourth-order valence-corrected chi connectivity index (χ4v) is 1.62. The average Bonchev–Trinajstić information content (AvgIpc) is 2.84. The van der Waals surface area contributed by atoms with Crippen LogP contribution in [-0.2, 0) is 9.53 Å². The number of unbranched alkanes of at least 4 members (excludes halogenated alkanes) is 1. The maximum Gasteiger partial charge on any atom is 0.416 e. The van der Waals surface area contributed by atoms with Gasteiger partial charge >= 0.3 is 6.09 Å². The Labute approximate surface area is 114 Å². The van der Waals surface area contributed by atoms with E-state index in [4.69, 9.17) is 0 Å². The van der Waals surface area contributed by atoms with Crippen molar-refractivity contribution in [1.82, 2.24) is 4.90 Å². The molecule has 4 heteroatoms. The van der Waals surface area contributed by atoms with E-state index in [2.05, 4.69) is 23.8 Å². The lowest BCUT2D eigenvalue weighted by Gasteiger charge is -2.09. The zero-order valence-electron chi connectivity index (χ0n) is 11.6. The SMILES string of the molecule is CCCCC(=O)N1CCOC1=O.Cc1ccccc1. The van der Waals surface area contributed by atoms with Gasteiger partial charge in [-0.2, -0.15) is 0 Å². The number of carbonyl (C=O) groups excluding carboxylic acids is 2. The van der Waals surface area contributed by atoms with Crippen molar-refractivity contribution in [2.75, 3.05) is 13.2 Å². The summed E-state index contributed by atoms with van der Waals surface area (Å²) in [6.07, 6.45) is 1.76. The lowest BCUT2D eigenvalue weighted by Crippen LogP contribution is -2.31. The first kappa shape index (κ1) is 15.2. The minimum Gasteiger partial charge on any atom is -0.447 e. The third-order valence-electron chi connectivity index (χ3n) is 2.75. The number of ether oxygens (including phenoxy) is 1. The van der Waals surface area contributed by atoms with Crippen LogP contribution < -0.4 is 0 Å². The van der Waals surface area contributed by atoms with Crippen LogP contribution in [0.5, 0.6) is 0 Å². The maximum atomic E-state index is 11.2. The summed E-state index contributed by atoms with van der Waals surface area (Å²) in [5.74, 6) is -0.112. The minimum absolute atomic E-state index is 0.112. The number of aryl methyl sites for hydroxylation is 1. The van der Waals surface area contributed by atoms with Gasteiger partial charge in [-0.25, -0.2) is 9.69 Å². The minimum atomic E-state index is -0.490. The van der Waals surface area contributed by atoms with Gasteiger partial charge in [0.2, 0.25) is 5.91 Å². The number of cyclic esters (lactones) is 1. The van der Waals surface area contributed by atoms with Gasteiger partial charge in [-0.3, -0.25) is 4.79 Å². The van der Waals surface area contributed by atoms with Crippen LogP contribution >= 0.6 is 0 Å². The first-order valence-electron chi connectivity index (χ1n) is 6.64. The lowest BCUT2D eigenvalue weighted by atomic mass is 10.2. The second-order valence-electron chi connectivity index (χ2n) is 4.42. The van der Waals surface area contributed by atoms with Gasteiger partial charge in [0.1, 0.15) is 6.61 Å². The normalized spacial score (nSPS) is 13.6. The van der Waals surface area contributed by atoms with E-state index in [1.54, 1.807) is 0 Å². The number of hydrogen-bond donors (Lipinski definition) is 0. The molecule has 1 aromatic carbocycles. The highest BCUT2D eigenvalue weighted by Gasteiger charge is 2.27. The smallest absolute Gasteiger partial charge is 0.416 e. The van der Waals surface area contributed by atoms with Crippen molar-refractivity contribution in [3.05, 3.63) is 35.9 Å². The molecular weight excluding hydrogens is 242 g/mol. The van der Waals surface area contributed by atoms with Gasteiger partial charge in [-0.05, 0) is 13.3 Å². The Balaban J connectivity index is 0.000000218. The van der Waals surface area contributed by atoms with Crippen LogP contribution in [0.25, 0.3) is 0 Å². The Morgan fingerprint density at radius 2 is 2.00 bits per heavy atom. The molecule has 4 nitrogen and oxygen atoms in total. The molecular formula is C15H21NO3. The van der Waals surface area contributed by atoms with Crippen LogP contribution in [-0.4, -0.2) is 30.1 Å². The number of carbonyl (C=O) groups is 2. The Bertz CT molecular complexity index is 403. The largest absolute Gasteiger partial charge is 0.447 e. The van der Waals surface area contributed by atoms with Crippen LogP contribution in [0.1, 0.15) is 31.7 Å². The van der Waals surface area contributed by atoms with E-state index < -0.39 is 6.09 Å². The molecule has 0 radical (unpaired) electrons. The molecule has 0 saturated carbocycles. The summed E-state index contributed by atoms with van der Waals surface area (Å²) in [6, 6.07) is 10.3. The zero-order chi connectivity index (χ0) is 14.1. The molecule has 0 N–H and O–H groups in total. The van der Waals surface area contributed by atoms with Gasteiger partial charge in [0, 0.05) is 6.42 Å². The second-order valence-corrected chi connectivity index (χ2v) is 4.42. The molecule has 0 aromatic heterocycles. The Kier molecular flexibility index (Phi) is 6.64. The Hall–Kier alpha value is -1.84. The van der Waals surface area contributed by atoms with E-state index in [-0.39, 0.29) is 5.91 Å². The fraction of sp³-hybridized carbons (Fsp3) is 0.467. The van der Waals surface area contributed by atoms with Gasteiger partial charge in [-0.15, -0.1) is 0 Å². The predicted octanol–water partition coefficient (Wildman–Crippen LogP) is 3.15. The van der Waals surface area contributed by atoms with Crippen molar-refractivity contribution >= 4 is 12.0 Å². The summed E-state index contributed by atoms with van der Waals surface area (Å²) >= 11 is 0. The molecule has 1 aliphatic rings. The molecule has 0 spiro atoms. The summed E-state index contributed by atoms with van der Waals surface area (Å²) in [5.41, 5.74) is 1.32. The summed E-state index contributed by atoms with van der Waals surface area (Å²) < 4.78 is 4.63. The van der Waals surface area contributed by atoms with Crippen LogP contribution in [0.4, 0.5) is 4.79 Å². The van der Waals surface area contributed by atoms with Crippen LogP contribution in [0.3, 0.4) is 0 Å². The van der Waals surface area contributed by atoms with Crippen LogP contribution in [0, 0.1) is 6.92 Å². The average molecular weight is 263 g/mol. The topological polar surface area (TPSA) is 46.6 Å². The predicted molar refractivity (Wildman–Crippen MR) is 73.8 cm³/mol. The van der Waals surface area contributed by atoms with Crippen molar-refractivity contribution in [3.63, 3.8) is 0 Å². The Morgan fingerprint density at radius 1 is 1.32 bits per heavy atom. The molecule has 1 heterocycles. The maximum absolute atomic E-state index is 11.2. The van der Waals surface area contributed by atoms with E-state index in [1.165, 1.54) is 10.5 Å². The van der Waals surface area contributed by atoms with E-state index in [1.807, 2.05) is 25.1 Å². The van der Waals surface area contributed by atoms with Crippen molar-refractivity contribution in [1.29, 1.82) is 0 Å². The van der Waals surface area contributed by atoms with E-state index in [0.29, 0.717) is 19.6 Å². The number of imide groups is 1. The summed E-state index contributed by atoms with van der Waals surface area (Å²) in [5, 5.41) is 0. The van der Waals surface area contributed by atoms with Crippen LogP contribution in [0.2, 0.25) is 0 Å². The van der Waals surface area contributed by atoms with Gasteiger partial charge in [0.25, 0.3) is 0 Å². The monoisotopic (exact) mass is 263 g/mol. The van der Waals surface area contributed by atoms with Gasteiger partial charge in [0.15, 0.2) is 0 Å². The molecule has 104 valence electrons. The van der Waals surface area contributed by atoms with Gasteiger partial charge in [-0.1, -0.05) is 49.2 Å². The van der Waals surface area contributed by atoms with Crippen molar-refractivity contribution in [3.8, 4) is 0 Å². The summed E-state index contributed by atoms with van der Waals surface area (Å²) in [6.45, 7) is 4.85. The van der Waals surface area contributed by atoms with E-state index >= 15 is 0 Å². The highest BCUT2D eigenvalue weighted by molar-refractivity contribution is 5.92. The number of amides is 2.